The molecule has 1 aromatic carbocycles. The first-order valence-corrected chi connectivity index (χ1v) is 5.48. The second kappa shape index (κ2) is 4.25. The molecule has 1 amide bonds. The van der Waals surface area contributed by atoms with Gasteiger partial charge in [0.15, 0.2) is 5.41 Å². The van der Waals surface area contributed by atoms with Crippen molar-refractivity contribution < 1.29 is 27.9 Å². The minimum Gasteiger partial charge on any atom is -0.480 e. The maximum Gasteiger partial charge on any atom is 0.487 e. The van der Waals surface area contributed by atoms with Crippen LogP contribution in [0.4, 0.5) is 13.2 Å². The van der Waals surface area contributed by atoms with Gasteiger partial charge in [-0.25, -0.2) is 0 Å². The highest BCUT2D eigenvalue weighted by atomic mass is 19.4. The van der Waals surface area contributed by atoms with Gasteiger partial charge in [0.2, 0.25) is 0 Å². The van der Waals surface area contributed by atoms with Crippen LogP contribution in [-0.4, -0.2) is 34.7 Å². The smallest absolute Gasteiger partial charge is 0.480 e. The number of hydrogen-bond acceptors (Lipinski definition) is 2. The van der Waals surface area contributed by atoms with E-state index in [0.29, 0.717) is 0 Å². The van der Waals surface area contributed by atoms with Crippen molar-refractivity contribution in [1.82, 2.24) is 4.90 Å². The number of carbonyl (C=O) groups excluding carboxylic acids is 1. The van der Waals surface area contributed by atoms with E-state index in [1.54, 1.807) is 6.07 Å². The Morgan fingerprint density at radius 1 is 1.26 bits per heavy atom. The SMILES string of the molecule is O=C(O)C1(c2ccccc2)CCN(C(F)(F)F)C1=O. The Labute approximate surface area is 106 Å². The number of carboxylic acid groups (broad SMARTS) is 1. The fourth-order valence-corrected chi connectivity index (χ4v) is 2.27. The highest BCUT2D eigenvalue weighted by Crippen LogP contribution is 2.40. The van der Waals surface area contributed by atoms with Crippen molar-refractivity contribution in [3.63, 3.8) is 0 Å². The summed E-state index contributed by atoms with van der Waals surface area (Å²) in [5, 5.41) is 9.26. The van der Waals surface area contributed by atoms with E-state index in [1.807, 2.05) is 0 Å². The van der Waals surface area contributed by atoms with E-state index >= 15 is 0 Å². The molecule has 1 aromatic rings. The molecule has 0 aromatic heterocycles. The van der Waals surface area contributed by atoms with Gasteiger partial charge in [-0.05, 0) is 12.0 Å². The van der Waals surface area contributed by atoms with Crippen LogP contribution in [0.25, 0.3) is 0 Å². The van der Waals surface area contributed by atoms with Crippen molar-refractivity contribution >= 4 is 11.9 Å². The molecule has 1 atom stereocenters. The summed E-state index contributed by atoms with van der Waals surface area (Å²) >= 11 is 0. The summed E-state index contributed by atoms with van der Waals surface area (Å²) in [5.74, 6) is -2.99. The standard InChI is InChI=1S/C12H10F3NO3/c13-12(14,15)16-7-6-11(9(16)17,10(18)19)8-4-2-1-3-5-8/h1-5H,6-7H2,(H,18,19). The number of aliphatic carboxylic acids is 1. The highest BCUT2D eigenvalue weighted by molar-refractivity contribution is 6.09. The Kier molecular flexibility index (Phi) is 3.00. The normalized spacial score (nSPS) is 23.7. The van der Waals surface area contributed by atoms with Crippen molar-refractivity contribution in [2.45, 2.75) is 18.1 Å². The monoisotopic (exact) mass is 273 g/mol. The van der Waals surface area contributed by atoms with Gasteiger partial charge in [-0.1, -0.05) is 30.3 Å². The third-order valence-electron chi connectivity index (χ3n) is 3.26. The molecule has 19 heavy (non-hydrogen) atoms. The molecule has 0 saturated carbocycles. The van der Waals surface area contributed by atoms with Gasteiger partial charge >= 0.3 is 12.3 Å². The maximum absolute atomic E-state index is 12.6. The quantitative estimate of drug-likeness (QED) is 0.660. The predicted molar refractivity (Wildman–Crippen MR) is 58.1 cm³/mol. The van der Waals surface area contributed by atoms with Crippen LogP contribution in [0.15, 0.2) is 30.3 Å². The molecule has 102 valence electrons. The molecule has 0 aliphatic carbocycles. The number of likely N-dealkylation sites (tertiary alicyclic amines) is 1. The van der Waals surface area contributed by atoms with E-state index in [1.165, 1.54) is 24.3 Å². The molecule has 0 radical (unpaired) electrons. The van der Waals surface area contributed by atoms with Gasteiger partial charge in [0, 0.05) is 6.54 Å². The van der Waals surface area contributed by atoms with Gasteiger partial charge < -0.3 is 5.11 Å². The minimum atomic E-state index is -4.86. The van der Waals surface area contributed by atoms with Gasteiger partial charge in [-0.15, -0.1) is 13.2 Å². The zero-order valence-electron chi connectivity index (χ0n) is 9.65. The van der Waals surface area contributed by atoms with Crippen molar-refractivity contribution in [2.24, 2.45) is 0 Å². The maximum atomic E-state index is 12.6. The van der Waals surface area contributed by atoms with Crippen molar-refractivity contribution in [3.05, 3.63) is 35.9 Å². The summed E-state index contributed by atoms with van der Waals surface area (Å²) in [5.41, 5.74) is -2.07. The topological polar surface area (TPSA) is 57.6 Å². The van der Waals surface area contributed by atoms with Gasteiger partial charge in [0.1, 0.15) is 0 Å². The predicted octanol–water partition coefficient (Wildman–Crippen LogP) is 1.76. The minimum absolute atomic E-state index is 0.0688. The zero-order valence-corrected chi connectivity index (χ0v) is 9.65. The first-order valence-electron chi connectivity index (χ1n) is 5.48. The third kappa shape index (κ3) is 1.94. The van der Waals surface area contributed by atoms with Gasteiger partial charge in [0.05, 0.1) is 0 Å². The van der Waals surface area contributed by atoms with Crippen LogP contribution >= 0.6 is 0 Å². The molecule has 0 bridgehead atoms. The van der Waals surface area contributed by atoms with Crippen LogP contribution in [0, 0.1) is 0 Å². The zero-order chi connectivity index (χ0) is 14.3. The fourth-order valence-electron chi connectivity index (χ4n) is 2.27. The lowest BCUT2D eigenvalue weighted by molar-refractivity contribution is -0.235. The average Bonchev–Trinajstić information content (AvgIpc) is 2.68. The Bertz CT molecular complexity index is 515. The van der Waals surface area contributed by atoms with Crippen LogP contribution in [-0.2, 0) is 15.0 Å². The Morgan fingerprint density at radius 2 is 1.84 bits per heavy atom. The molecule has 7 heteroatoms. The number of nitrogens with zero attached hydrogens (tertiary/aromatic N) is 1. The molecule has 1 N–H and O–H groups in total. The van der Waals surface area contributed by atoms with Gasteiger partial charge in [-0.2, -0.15) is 0 Å². The first-order chi connectivity index (χ1) is 8.80. The Morgan fingerprint density at radius 3 is 2.26 bits per heavy atom. The summed E-state index contributed by atoms with van der Waals surface area (Å²) in [6.07, 6.45) is -5.26. The number of benzene rings is 1. The second-order valence-electron chi connectivity index (χ2n) is 4.25. The van der Waals surface area contributed by atoms with Crippen LogP contribution in [0.3, 0.4) is 0 Å². The molecule has 1 fully saturated rings. The average molecular weight is 273 g/mol. The number of carboxylic acids is 1. The van der Waals surface area contributed by atoms with Crippen molar-refractivity contribution in [2.75, 3.05) is 6.54 Å². The summed E-state index contributed by atoms with van der Waals surface area (Å²) < 4.78 is 37.9. The molecular weight excluding hydrogens is 263 g/mol. The number of alkyl halides is 3. The molecule has 1 aliphatic heterocycles. The fraction of sp³-hybridized carbons (Fsp3) is 0.333. The molecule has 4 nitrogen and oxygen atoms in total. The van der Waals surface area contributed by atoms with E-state index < -0.39 is 36.6 Å². The summed E-state index contributed by atoms with van der Waals surface area (Å²) in [4.78, 5) is 23.0. The molecule has 1 aliphatic rings. The molecule has 2 rings (SSSR count). The lowest BCUT2D eigenvalue weighted by atomic mass is 9.79. The molecule has 0 spiro atoms. The summed E-state index contributed by atoms with van der Waals surface area (Å²) in [7, 11) is 0. The number of hydrogen-bond donors (Lipinski definition) is 1. The number of halogens is 3. The molecule has 1 unspecified atom stereocenters. The number of amides is 1. The summed E-state index contributed by atoms with van der Waals surface area (Å²) in [6.45, 7) is -0.649. The van der Waals surface area contributed by atoms with Crippen molar-refractivity contribution in [3.8, 4) is 0 Å². The van der Waals surface area contributed by atoms with E-state index in [4.69, 9.17) is 0 Å². The molecule has 1 heterocycles. The highest BCUT2D eigenvalue weighted by Gasteiger charge is 2.60. The van der Waals surface area contributed by atoms with Crippen LogP contribution in [0.5, 0.6) is 0 Å². The largest absolute Gasteiger partial charge is 0.487 e. The van der Waals surface area contributed by atoms with E-state index in [2.05, 4.69) is 0 Å². The molecular formula is C12H10F3NO3. The lowest BCUT2D eigenvalue weighted by Gasteiger charge is -2.25. The lowest BCUT2D eigenvalue weighted by Crippen LogP contribution is -2.48. The van der Waals surface area contributed by atoms with Crippen LogP contribution in [0.2, 0.25) is 0 Å². The Balaban J connectivity index is 2.50. The van der Waals surface area contributed by atoms with Crippen LogP contribution in [0.1, 0.15) is 12.0 Å². The Hall–Kier alpha value is -2.05. The number of carbonyl (C=O) groups is 2. The van der Waals surface area contributed by atoms with Crippen LogP contribution < -0.4 is 0 Å². The summed E-state index contributed by atoms with van der Waals surface area (Å²) in [6, 6.07) is 7.28. The van der Waals surface area contributed by atoms with E-state index in [0.717, 1.165) is 0 Å². The van der Waals surface area contributed by atoms with E-state index in [9.17, 15) is 27.9 Å². The molecule has 1 saturated heterocycles. The first kappa shape index (κ1) is 13.4. The van der Waals surface area contributed by atoms with Crippen molar-refractivity contribution in [1.29, 1.82) is 0 Å². The third-order valence-corrected chi connectivity index (χ3v) is 3.26. The second-order valence-corrected chi connectivity index (χ2v) is 4.25. The van der Waals surface area contributed by atoms with Gasteiger partial charge in [0.25, 0.3) is 5.91 Å². The van der Waals surface area contributed by atoms with Gasteiger partial charge in [-0.3, -0.25) is 14.5 Å². The number of rotatable bonds is 2. The van der Waals surface area contributed by atoms with E-state index in [-0.39, 0.29) is 10.5 Å².